The standard InChI is InChI=1S/C23H23N3O4S/c1-13-6-14(2)8-15(7-13)12-31-23-25-20(17(11-24)22(27)26-23)16-9-18(28-3)21(30-5)19(10-16)29-4/h6-10H,12H2,1-5H3,(H,25,26,27). The lowest BCUT2D eigenvalue weighted by Gasteiger charge is -2.14. The number of hydrogen-bond acceptors (Lipinski definition) is 7. The van der Waals surface area contributed by atoms with Crippen LogP contribution in [0, 0.1) is 25.2 Å². The van der Waals surface area contributed by atoms with Crippen molar-refractivity contribution in [1.82, 2.24) is 9.97 Å². The molecule has 1 aromatic heterocycles. The summed E-state index contributed by atoms with van der Waals surface area (Å²) >= 11 is 1.40. The number of ether oxygens (including phenoxy) is 3. The number of hydrogen-bond donors (Lipinski definition) is 1. The van der Waals surface area contributed by atoms with Crippen molar-refractivity contribution in [2.75, 3.05) is 21.3 Å². The van der Waals surface area contributed by atoms with Gasteiger partial charge in [-0.1, -0.05) is 41.1 Å². The second kappa shape index (κ2) is 9.58. The molecule has 0 atom stereocenters. The van der Waals surface area contributed by atoms with E-state index in [1.807, 2.05) is 19.9 Å². The maximum Gasteiger partial charge on any atom is 0.270 e. The van der Waals surface area contributed by atoms with Gasteiger partial charge < -0.3 is 19.2 Å². The summed E-state index contributed by atoms with van der Waals surface area (Å²) in [6.07, 6.45) is 0. The number of thioether (sulfide) groups is 1. The third kappa shape index (κ3) is 4.84. The lowest BCUT2D eigenvalue weighted by atomic mass is 10.1. The van der Waals surface area contributed by atoms with E-state index >= 15 is 0 Å². The third-order valence-corrected chi connectivity index (χ3v) is 5.55. The molecule has 0 fully saturated rings. The Labute approximate surface area is 185 Å². The van der Waals surface area contributed by atoms with Gasteiger partial charge in [0.1, 0.15) is 11.6 Å². The molecular formula is C23H23N3O4S. The smallest absolute Gasteiger partial charge is 0.270 e. The molecule has 3 rings (SSSR count). The molecule has 31 heavy (non-hydrogen) atoms. The highest BCUT2D eigenvalue weighted by Crippen LogP contribution is 2.41. The predicted octanol–water partition coefficient (Wildman–Crippen LogP) is 4.24. The summed E-state index contributed by atoms with van der Waals surface area (Å²) in [4.78, 5) is 19.9. The van der Waals surface area contributed by atoms with Gasteiger partial charge in [0, 0.05) is 11.3 Å². The number of H-pyrrole nitrogens is 1. The molecule has 1 N–H and O–H groups in total. The maximum absolute atomic E-state index is 12.6. The highest BCUT2D eigenvalue weighted by atomic mass is 32.2. The topological polar surface area (TPSA) is 97.2 Å². The number of nitrogens with one attached hydrogen (secondary N) is 1. The Hall–Kier alpha value is -3.44. The van der Waals surface area contributed by atoms with E-state index < -0.39 is 5.56 Å². The van der Waals surface area contributed by atoms with Gasteiger partial charge in [-0.3, -0.25) is 4.79 Å². The minimum atomic E-state index is -0.496. The molecule has 0 aliphatic heterocycles. The van der Waals surface area contributed by atoms with Crippen LogP contribution in [0.4, 0.5) is 0 Å². The fourth-order valence-electron chi connectivity index (χ4n) is 3.36. The normalized spacial score (nSPS) is 10.5. The van der Waals surface area contributed by atoms with Crippen LogP contribution in [0.5, 0.6) is 17.2 Å². The number of methoxy groups -OCH3 is 3. The molecule has 0 saturated carbocycles. The molecule has 0 radical (unpaired) electrons. The van der Waals surface area contributed by atoms with Crippen molar-refractivity contribution in [3.8, 4) is 34.6 Å². The number of nitriles is 1. The Kier molecular flexibility index (Phi) is 6.88. The summed E-state index contributed by atoms with van der Waals surface area (Å²) in [5, 5.41) is 9.99. The molecule has 8 heteroatoms. The molecule has 0 bridgehead atoms. The fraction of sp³-hybridized carbons (Fsp3) is 0.261. The van der Waals surface area contributed by atoms with Crippen LogP contribution >= 0.6 is 11.8 Å². The maximum atomic E-state index is 12.6. The van der Waals surface area contributed by atoms with Gasteiger partial charge in [0.2, 0.25) is 5.75 Å². The number of benzene rings is 2. The molecule has 3 aromatic rings. The van der Waals surface area contributed by atoms with Crippen LogP contribution in [-0.2, 0) is 5.75 Å². The molecule has 1 heterocycles. The van der Waals surface area contributed by atoms with Gasteiger partial charge in [0.25, 0.3) is 5.56 Å². The Balaban J connectivity index is 2.06. The highest BCUT2D eigenvalue weighted by Gasteiger charge is 2.19. The second-order valence-electron chi connectivity index (χ2n) is 6.91. The summed E-state index contributed by atoms with van der Waals surface area (Å²) in [5.41, 5.74) is 3.68. The van der Waals surface area contributed by atoms with Gasteiger partial charge in [0.05, 0.1) is 27.0 Å². The molecule has 0 aliphatic carbocycles. The van der Waals surface area contributed by atoms with E-state index in [9.17, 15) is 10.1 Å². The predicted molar refractivity (Wildman–Crippen MR) is 120 cm³/mol. The van der Waals surface area contributed by atoms with E-state index in [1.165, 1.54) is 44.2 Å². The first-order chi connectivity index (χ1) is 14.9. The molecule has 2 aromatic carbocycles. The molecule has 0 unspecified atom stereocenters. The number of aromatic nitrogens is 2. The molecule has 160 valence electrons. The van der Waals surface area contributed by atoms with Crippen LogP contribution < -0.4 is 19.8 Å². The van der Waals surface area contributed by atoms with Crippen LogP contribution in [0.2, 0.25) is 0 Å². The minimum absolute atomic E-state index is 0.0787. The van der Waals surface area contributed by atoms with Gasteiger partial charge in [-0.15, -0.1) is 0 Å². The summed E-state index contributed by atoms with van der Waals surface area (Å²) in [7, 11) is 4.51. The van der Waals surface area contributed by atoms with Gasteiger partial charge in [-0.2, -0.15) is 5.26 Å². The number of aryl methyl sites for hydroxylation is 2. The Morgan fingerprint density at radius 2 is 1.61 bits per heavy atom. The quantitative estimate of drug-likeness (QED) is 0.436. The molecule has 0 saturated heterocycles. The van der Waals surface area contributed by atoms with Crippen molar-refractivity contribution in [2.45, 2.75) is 24.8 Å². The van der Waals surface area contributed by atoms with E-state index in [-0.39, 0.29) is 11.3 Å². The van der Waals surface area contributed by atoms with Gasteiger partial charge in [-0.05, 0) is 31.5 Å². The lowest BCUT2D eigenvalue weighted by Crippen LogP contribution is -2.15. The summed E-state index contributed by atoms with van der Waals surface area (Å²) in [6, 6.07) is 11.6. The van der Waals surface area contributed by atoms with Crippen LogP contribution in [-0.4, -0.2) is 31.3 Å². The first-order valence-electron chi connectivity index (χ1n) is 9.45. The van der Waals surface area contributed by atoms with Crippen LogP contribution in [0.25, 0.3) is 11.3 Å². The summed E-state index contributed by atoms with van der Waals surface area (Å²) < 4.78 is 16.1. The molecular weight excluding hydrogens is 414 g/mol. The van der Waals surface area contributed by atoms with E-state index in [0.717, 1.165) is 5.56 Å². The minimum Gasteiger partial charge on any atom is -0.493 e. The highest BCUT2D eigenvalue weighted by molar-refractivity contribution is 7.98. The molecule has 0 amide bonds. The van der Waals surface area contributed by atoms with Crippen LogP contribution in [0.3, 0.4) is 0 Å². The zero-order valence-corrected chi connectivity index (χ0v) is 18.8. The van der Waals surface area contributed by atoms with Crippen molar-refractivity contribution in [3.63, 3.8) is 0 Å². The Morgan fingerprint density at radius 1 is 1.00 bits per heavy atom. The van der Waals surface area contributed by atoms with E-state index in [0.29, 0.717) is 33.7 Å². The molecule has 0 spiro atoms. The third-order valence-electron chi connectivity index (χ3n) is 4.60. The van der Waals surface area contributed by atoms with Gasteiger partial charge in [-0.25, -0.2) is 4.98 Å². The number of rotatable bonds is 7. The number of nitrogens with zero attached hydrogens (tertiary/aromatic N) is 2. The lowest BCUT2D eigenvalue weighted by molar-refractivity contribution is 0.324. The zero-order chi connectivity index (χ0) is 22.5. The van der Waals surface area contributed by atoms with Crippen molar-refractivity contribution in [2.24, 2.45) is 0 Å². The van der Waals surface area contributed by atoms with Gasteiger partial charge in [0.15, 0.2) is 16.7 Å². The zero-order valence-electron chi connectivity index (χ0n) is 18.0. The monoisotopic (exact) mass is 437 g/mol. The summed E-state index contributed by atoms with van der Waals surface area (Å²) in [6.45, 7) is 4.09. The SMILES string of the molecule is COc1cc(-c2nc(SCc3cc(C)cc(C)c3)[nH]c(=O)c2C#N)cc(OC)c1OC. The average molecular weight is 438 g/mol. The first kappa shape index (κ1) is 22.2. The van der Waals surface area contributed by atoms with E-state index in [1.54, 1.807) is 12.1 Å². The van der Waals surface area contributed by atoms with Crippen molar-refractivity contribution >= 4 is 11.8 Å². The number of aromatic amines is 1. The van der Waals surface area contributed by atoms with Crippen LogP contribution in [0.15, 0.2) is 40.3 Å². The second-order valence-corrected chi connectivity index (χ2v) is 7.87. The van der Waals surface area contributed by atoms with Crippen molar-refractivity contribution < 1.29 is 14.2 Å². The Bertz CT molecular complexity index is 1170. The largest absolute Gasteiger partial charge is 0.493 e. The molecule has 0 aliphatic rings. The van der Waals surface area contributed by atoms with E-state index in [2.05, 4.69) is 28.2 Å². The van der Waals surface area contributed by atoms with Crippen molar-refractivity contribution in [3.05, 3.63) is 62.9 Å². The van der Waals surface area contributed by atoms with Crippen LogP contribution in [0.1, 0.15) is 22.3 Å². The van der Waals surface area contributed by atoms with Gasteiger partial charge >= 0.3 is 0 Å². The summed E-state index contributed by atoms with van der Waals surface area (Å²) in [5.74, 6) is 1.87. The van der Waals surface area contributed by atoms with E-state index in [4.69, 9.17) is 14.2 Å². The first-order valence-corrected chi connectivity index (χ1v) is 10.4. The molecule has 7 nitrogen and oxygen atoms in total. The fourth-order valence-corrected chi connectivity index (χ4v) is 4.15. The van der Waals surface area contributed by atoms with Crippen molar-refractivity contribution in [1.29, 1.82) is 5.26 Å². The Morgan fingerprint density at radius 3 is 2.13 bits per heavy atom. The average Bonchev–Trinajstić information content (AvgIpc) is 2.75.